The Hall–Kier alpha value is -1.55. The second kappa shape index (κ2) is 3.31. The van der Waals surface area contributed by atoms with Gasteiger partial charge in [0.15, 0.2) is 5.58 Å². The lowest BCUT2D eigenvalue weighted by Crippen LogP contribution is -2.24. The molecule has 1 atom stereocenters. The lowest BCUT2D eigenvalue weighted by atomic mass is 10.3. The maximum atomic E-state index is 11.5. The topological polar surface area (TPSA) is 61.2 Å². The third-order valence-corrected chi connectivity index (χ3v) is 2.30. The second-order valence-electron chi connectivity index (χ2n) is 3.29. The van der Waals surface area contributed by atoms with Crippen molar-refractivity contribution >= 4 is 11.1 Å². The van der Waals surface area contributed by atoms with Gasteiger partial charge in [-0.15, -0.1) is 0 Å². The minimum Gasteiger partial charge on any atom is -0.408 e. The summed E-state index contributed by atoms with van der Waals surface area (Å²) in [6, 6.07) is 7.30. The van der Waals surface area contributed by atoms with Gasteiger partial charge in [0.2, 0.25) is 0 Å². The summed E-state index contributed by atoms with van der Waals surface area (Å²) in [6.07, 6.45) is 0. The molecule has 0 fully saturated rings. The number of nitrogens with zero attached hydrogens (tertiary/aromatic N) is 1. The fraction of sp³-hybridized carbons (Fsp3) is 0.300. The maximum absolute atomic E-state index is 11.5. The van der Waals surface area contributed by atoms with Crippen molar-refractivity contribution in [2.45, 2.75) is 13.0 Å². The van der Waals surface area contributed by atoms with Gasteiger partial charge in [-0.05, 0) is 19.1 Å². The van der Waals surface area contributed by atoms with Gasteiger partial charge in [0.1, 0.15) is 0 Å². The Balaban J connectivity index is 2.74. The third-order valence-electron chi connectivity index (χ3n) is 2.30. The van der Waals surface area contributed by atoms with Crippen molar-refractivity contribution in [3.8, 4) is 0 Å². The number of oxazole rings is 1. The Bertz CT molecular complexity index is 498. The molecule has 0 amide bonds. The normalized spacial score (nSPS) is 13.3. The lowest BCUT2D eigenvalue weighted by Gasteiger charge is -2.08. The molecule has 0 bridgehead atoms. The first-order chi connectivity index (χ1) is 6.74. The molecule has 0 saturated heterocycles. The second-order valence-corrected chi connectivity index (χ2v) is 3.29. The van der Waals surface area contributed by atoms with Gasteiger partial charge >= 0.3 is 5.76 Å². The zero-order chi connectivity index (χ0) is 10.1. The predicted molar refractivity (Wildman–Crippen MR) is 54.2 cm³/mol. The van der Waals surface area contributed by atoms with Gasteiger partial charge in [0.25, 0.3) is 0 Å². The standard InChI is InChI=1S/C10H12N2O2/c1-7(6-11)12-8-4-2-3-5-9(8)14-10(12)13/h2-5,7H,6,11H2,1H3/t7-/m0/s1. The van der Waals surface area contributed by atoms with E-state index in [1.165, 1.54) is 0 Å². The molecule has 1 aromatic heterocycles. The van der Waals surface area contributed by atoms with Crippen molar-refractivity contribution in [2.24, 2.45) is 5.73 Å². The summed E-state index contributed by atoms with van der Waals surface area (Å²) in [4.78, 5) is 11.5. The molecule has 0 aliphatic heterocycles. The Kier molecular flexibility index (Phi) is 2.13. The van der Waals surface area contributed by atoms with Crippen LogP contribution >= 0.6 is 0 Å². The van der Waals surface area contributed by atoms with E-state index in [9.17, 15) is 4.79 Å². The summed E-state index contributed by atoms with van der Waals surface area (Å²) in [6.45, 7) is 2.31. The average molecular weight is 192 g/mol. The molecule has 0 aliphatic rings. The van der Waals surface area contributed by atoms with Crippen molar-refractivity contribution in [3.05, 3.63) is 34.8 Å². The van der Waals surface area contributed by atoms with Crippen molar-refractivity contribution in [3.63, 3.8) is 0 Å². The molecule has 0 saturated carbocycles. The molecule has 0 aliphatic carbocycles. The van der Waals surface area contributed by atoms with E-state index in [1.807, 2.05) is 25.1 Å². The van der Waals surface area contributed by atoms with Crippen LogP contribution in [0.3, 0.4) is 0 Å². The van der Waals surface area contributed by atoms with Crippen molar-refractivity contribution in [2.75, 3.05) is 6.54 Å². The molecule has 74 valence electrons. The minimum absolute atomic E-state index is 0.0360. The van der Waals surface area contributed by atoms with Crippen LogP contribution in [0.5, 0.6) is 0 Å². The smallest absolute Gasteiger partial charge is 0.408 e. The number of hydrogen-bond donors (Lipinski definition) is 1. The highest BCUT2D eigenvalue weighted by atomic mass is 16.4. The Morgan fingerprint density at radius 1 is 1.50 bits per heavy atom. The van der Waals surface area contributed by atoms with E-state index in [2.05, 4.69) is 0 Å². The minimum atomic E-state index is -0.343. The highest BCUT2D eigenvalue weighted by molar-refractivity contribution is 5.72. The molecule has 2 N–H and O–H groups in total. The van der Waals surface area contributed by atoms with E-state index in [4.69, 9.17) is 10.2 Å². The largest absolute Gasteiger partial charge is 0.420 e. The first-order valence-electron chi connectivity index (χ1n) is 4.54. The van der Waals surface area contributed by atoms with Crippen LogP contribution in [0.2, 0.25) is 0 Å². The highest BCUT2D eigenvalue weighted by Gasteiger charge is 2.12. The number of fused-ring (bicyclic) bond motifs is 1. The van der Waals surface area contributed by atoms with Crippen LogP contribution < -0.4 is 11.5 Å². The van der Waals surface area contributed by atoms with Crippen molar-refractivity contribution in [1.29, 1.82) is 0 Å². The molecule has 2 rings (SSSR count). The SMILES string of the molecule is C[C@@H](CN)n1c(=O)oc2ccccc21. The fourth-order valence-electron chi connectivity index (χ4n) is 1.51. The Labute approximate surface area is 80.9 Å². The third kappa shape index (κ3) is 1.24. The van der Waals surface area contributed by atoms with E-state index in [0.717, 1.165) is 5.52 Å². The molecule has 0 spiro atoms. The summed E-state index contributed by atoms with van der Waals surface area (Å²) in [5, 5.41) is 0. The molecule has 4 nitrogen and oxygen atoms in total. The van der Waals surface area contributed by atoms with Gasteiger partial charge in [-0.2, -0.15) is 0 Å². The van der Waals surface area contributed by atoms with E-state index in [0.29, 0.717) is 12.1 Å². The van der Waals surface area contributed by atoms with Crippen molar-refractivity contribution in [1.82, 2.24) is 4.57 Å². The highest BCUT2D eigenvalue weighted by Crippen LogP contribution is 2.15. The molecular formula is C10H12N2O2. The van der Waals surface area contributed by atoms with E-state index in [-0.39, 0.29) is 11.8 Å². The van der Waals surface area contributed by atoms with Crippen LogP contribution in [0.15, 0.2) is 33.5 Å². The van der Waals surface area contributed by atoms with Gasteiger partial charge in [-0.1, -0.05) is 12.1 Å². The Morgan fingerprint density at radius 3 is 2.93 bits per heavy atom. The molecule has 1 heterocycles. The average Bonchev–Trinajstić information content (AvgIpc) is 2.53. The number of rotatable bonds is 2. The summed E-state index contributed by atoms with van der Waals surface area (Å²) in [5.74, 6) is -0.343. The number of para-hydroxylation sites is 2. The van der Waals surface area contributed by atoms with E-state index < -0.39 is 0 Å². The van der Waals surface area contributed by atoms with Gasteiger partial charge in [0.05, 0.1) is 5.52 Å². The maximum Gasteiger partial charge on any atom is 0.420 e. The van der Waals surface area contributed by atoms with Crippen LogP contribution in [0.1, 0.15) is 13.0 Å². The summed E-state index contributed by atoms with van der Waals surface area (Å²) in [7, 11) is 0. The van der Waals surface area contributed by atoms with Crippen LogP contribution in [-0.4, -0.2) is 11.1 Å². The van der Waals surface area contributed by atoms with Crippen LogP contribution in [-0.2, 0) is 0 Å². The zero-order valence-electron chi connectivity index (χ0n) is 7.93. The molecule has 14 heavy (non-hydrogen) atoms. The fourth-order valence-corrected chi connectivity index (χ4v) is 1.51. The van der Waals surface area contributed by atoms with Gasteiger partial charge in [0, 0.05) is 12.6 Å². The van der Waals surface area contributed by atoms with E-state index in [1.54, 1.807) is 10.6 Å². The first kappa shape index (κ1) is 9.02. The summed E-state index contributed by atoms with van der Waals surface area (Å²) in [5.41, 5.74) is 6.93. The summed E-state index contributed by atoms with van der Waals surface area (Å²) >= 11 is 0. The summed E-state index contributed by atoms with van der Waals surface area (Å²) < 4.78 is 6.65. The van der Waals surface area contributed by atoms with Gasteiger partial charge in [-0.25, -0.2) is 4.79 Å². The van der Waals surface area contributed by atoms with Crippen molar-refractivity contribution < 1.29 is 4.42 Å². The molecule has 0 unspecified atom stereocenters. The lowest BCUT2D eigenvalue weighted by molar-refractivity contribution is 0.464. The van der Waals surface area contributed by atoms with Gasteiger partial charge in [-0.3, -0.25) is 4.57 Å². The monoisotopic (exact) mass is 192 g/mol. The number of nitrogens with two attached hydrogens (primary N) is 1. The molecular weight excluding hydrogens is 180 g/mol. The molecule has 2 aromatic rings. The molecule has 1 aromatic carbocycles. The number of aromatic nitrogens is 1. The molecule has 0 radical (unpaired) electrons. The van der Waals surface area contributed by atoms with Crippen LogP contribution in [0.25, 0.3) is 11.1 Å². The van der Waals surface area contributed by atoms with Crippen LogP contribution in [0, 0.1) is 0 Å². The quantitative estimate of drug-likeness (QED) is 0.775. The number of benzene rings is 1. The molecule has 4 heteroatoms. The van der Waals surface area contributed by atoms with Gasteiger partial charge < -0.3 is 10.2 Å². The Morgan fingerprint density at radius 2 is 2.21 bits per heavy atom. The van der Waals surface area contributed by atoms with Crippen LogP contribution in [0.4, 0.5) is 0 Å². The number of hydrogen-bond acceptors (Lipinski definition) is 3. The first-order valence-corrected chi connectivity index (χ1v) is 4.54. The predicted octanol–water partition coefficient (Wildman–Crippen LogP) is 1.11. The zero-order valence-corrected chi connectivity index (χ0v) is 7.93. The van der Waals surface area contributed by atoms with E-state index >= 15 is 0 Å².